The minimum atomic E-state index is 0.719. The molecule has 2 aromatic rings. The number of rotatable bonds is 2. The van der Waals surface area contributed by atoms with E-state index < -0.39 is 0 Å². The first-order valence-corrected chi connectivity index (χ1v) is 6.75. The van der Waals surface area contributed by atoms with Crippen LogP contribution in [0.1, 0.15) is 11.1 Å². The van der Waals surface area contributed by atoms with Gasteiger partial charge < -0.3 is 0 Å². The first-order chi connectivity index (χ1) is 8.20. The maximum atomic E-state index is 9.08. The first kappa shape index (κ1) is 12.2. The molecular formula is C14H10BrNS. The predicted octanol–water partition coefficient (Wildman–Crippen LogP) is 4.78. The summed E-state index contributed by atoms with van der Waals surface area (Å²) in [6.45, 7) is 2.03. The number of hydrogen-bond acceptors (Lipinski definition) is 2. The van der Waals surface area contributed by atoms with Crippen molar-refractivity contribution in [3.05, 3.63) is 58.1 Å². The third-order valence-electron chi connectivity index (χ3n) is 2.31. The van der Waals surface area contributed by atoms with Crippen molar-refractivity contribution in [3.8, 4) is 6.07 Å². The number of nitriles is 1. The van der Waals surface area contributed by atoms with Crippen molar-refractivity contribution in [3.63, 3.8) is 0 Å². The minimum Gasteiger partial charge on any atom is -0.192 e. The van der Waals surface area contributed by atoms with Crippen LogP contribution >= 0.6 is 27.7 Å². The van der Waals surface area contributed by atoms with Gasteiger partial charge in [0.15, 0.2) is 0 Å². The molecule has 17 heavy (non-hydrogen) atoms. The van der Waals surface area contributed by atoms with Crippen molar-refractivity contribution in [2.75, 3.05) is 0 Å². The van der Waals surface area contributed by atoms with Gasteiger partial charge in [-0.2, -0.15) is 5.26 Å². The van der Waals surface area contributed by atoms with Crippen LogP contribution in [0, 0.1) is 18.3 Å². The molecule has 0 aromatic heterocycles. The highest BCUT2D eigenvalue weighted by Crippen LogP contribution is 2.35. The Kier molecular flexibility index (Phi) is 3.88. The lowest BCUT2D eigenvalue weighted by Crippen LogP contribution is -1.83. The summed E-state index contributed by atoms with van der Waals surface area (Å²) in [4.78, 5) is 2.12. The molecule has 0 N–H and O–H groups in total. The molecule has 3 heteroatoms. The largest absolute Gasteiger partial charge is 0.192 e. The van der Waals surface area contributed by atoms with Crippen LogP contribution in [-0.4, -0.2) is 0 Å². The van der Waals surface area contributed by atoms with Gasteiger partial charge in [0.25, 0.3) is 0 Å². The molecule has 0 fully saturated rings. The summed E-state index contributed by atoms with van der Waals surface area (Å²) < 4.78 is 1.05. The van der Waals surface area contributed by atoms with Gasteiger partial charge in [-0.25, -0.2) is 0 Å². The van der Waals surface area contributed by atoms with Crippen molar-refractivity contribution in [1.82, 2.24) is 0 Å². The smallest absolute Gasteiger partial charge is 0.100 e. The Balaban J connectivity index is 2.40. The summed E-state index contributed by atoms with van der Waals surface area (Å²) in [5.74, 6) is 0. The van der Waals surface area contributed by atoms with Crippen molar-refractivity contribution >= 4 is 27.7 Å². The standard InChI is InChI=1S/C14H10BrNS/c1-10-6-7-11(9-16)14(8-10)17-13-5-3-2-4-12(13)15/h2-8H,1H3. The summed E-state index contributed by atoms with van der Waals surface area (Å²) >= 11 is 5.13. The molecule has 0 saturated heterocycles. The highest BCUT2D eigenvalue weighted by atomic mass is 79.9. The van der Waals surface area contributed by atoms with Gasteiger partial charge in [-0.05, 0) is 52.7 Å². The lowest BCUT2D eigenvalue weighted by molar-refractivity contribution is 1.30. The molecule has 0 aliphatic carbocycles. The van der Waals surface area contributed by atoms with Gasteiger partial charge in [0.1, 0.15) is 6.07 Å². The Morgan fingerprint density at radius 1 is 1.12 bits per heavy atom. The first-order valence-electron chi connectivity index (χ1n) is 5.14. The molecule has 0 saturated carbocycles. The van der Waals surface area contributed by atoms with Crippen LogP contribution in [0.15, 0.2) is 56.7 Å². The molecule has 84 valence electrons. The molecular weight excluding hydrogens is 294 g/mol. The minimum absolute atomic E-state index is 0.719. The van der Waals surface area contributed by atoms with Gasteiger partial charge in [-0.15, -0.1) is 0 Å². The highest BCUT2D eigenvalue weighted by Gasteiger charge is 2.06. The molecule has 0 unspecified atom stereocenters. The maximum absolute atomic E-state index is 9.08. The molecule has 0 aliphatic rings. The second-order valence-electron chi connectivity index (χ2n) is 3.64. The van der Waals surface area contributed by atoms with Crippen LogP contribution in [0.5, 0.6) is 0 Å². The number of halogens is 1. The molecule has 0 atom stereocenters. The van der Waals surface area contributed by atoms with Crippen molar-refractivity contribution in [1.29, 1.82) is 5.26 Å². The monoisotopic (exact) mass is 303 g/mol. The van der Waals surface area contributed by atoms with E-state index in [1.807, 2.05) is 49.4 Å². The van der Waals surface area contributed by atoms with E-state index in [9.17, 15) is 0 Å². The van der Waals surface area contributed by atoms with E-state index in [1.54, 1.807) is 11.8 Å². The molecule has 0 amide bonds. The van der Waals surface area contributed by atoms with Gasteiger partial charge in [0, 0.05) is 14.3 Å². The molecule has 1 nitrogen and oxygen atoms in total. The molecule has 0 bridgehead atoms. The van der Waals surface area contributed by atoms with E-state index in [-0.39, 0.29) is 0 Å². The zero-order valence-corrected chi connectivity index (χ0v) is 11.7. The zero-order chi connectivity index (χ0) is 12.3. The topological polar surface area (TPSA) is 23.8 Å². The highest BCUT2D eigenvalue weighted by molar-refractivity contribution is 9.10. The third-order valence-corrected chi connectivity index (χ3v) is 4.40. The normalized spacial score (nSPS) is 9.94. The van der Waals surface area contributed by atoms with Gasteiger partial charge >= 0.3 is 0 Å². The van der Waals surface area contributed by atoms with Gasteiger partial charge in [0.2, 0.25) is 0 Å². The second kappa shape index (κ2) is 5.39. The Labute approximate surface area is 114 Å². The number of hydrogen-bond donors (Lipinski definition) is 0. The van der Waals surface area contributed by atoms with Crippen LogP contribution in [0.2, 0.25) is 0 Å². The van der Waals surface area contributed by atoms with Crippen LogP contribution in [0.25, 0.3) is 0 Å². The summed E-state index contributed by atoms with van der Waals surface area (Å²) in [7, 11) is 0. The molecule has 2 aromatic carbocycles. The molecule has 2 rings (SSSR count). The summed E-state index contributed by atoms with van der Waals surface area (Å²) in [6, 6.07) is 16.1. The maximum Gasteiger partial charge on any atom is 0.100 e. The quantitative estimate of drug-likeness (QED) is 0.797. The van der Waals surface area contributed by atoms with E-state index in [4.69, 9.17) is 5.26 Å². The Hall–Kier alpha value is -1.24. The lowest BCUT2D eigenvalue weighted by atomic mass is 10.2. The Morgan fingerprint density at radius 2 is 1.88 bits per heavy atom. The molecule has 0 radical (unpaired) electrons. The number of nitrogens with zero attached hydrogens (tertiary/aromatic N) is 1. The molecule has 0 aliphatic heterocycles. The predicted molar refractivity (Wildman–Crippen MR) is 74.2 cm³/mol. The van der Waals surface area contributed by atoms with Crippen molar-refractivity contribution in [2.45, 2.75) is 16.7 Å². The Morgan fingerprint density at radius 3 is 2.59 bits per heavy atom. The average molecular weight is 304 g/mol. The van der Waals surface area contributed by atoms with E-state index in [1.165, 1.54) is 5.56 Å². The third kappa shape index (κ3) is 2.91. The van der Waals surface area contributed by atoms with E-state index in [0.29, 0.717) is 0 Å². The Bertz CT molecular complexity index is 587. The van der Waals surface area contributed by atoms with E-state index >= 15 is 0 Å². The van der Waals surface area contributed by atoms with Crippen LogP contribution in [0.4, 0.5) is 0 Å². The fraction of sp³-hybridized carbons (Fsp3) is 0.0714. The van der Waals surface area contributed by atoms with Gasteiger partial charge in [0.05, 0.1) is 5.56 Å². The van der Waals surface area contributed by atoms with E-state index in [2.05, 4.69) is 22.0 Å². The fourth-order valence-corrected chi connectivity index (χ4v) is 3.00. The number of benzene rings is 2. The van der Waals surface area contributed by atoms with Crippen molar-refractivity contribution in [2.24, 2.45) is 0 Å². The SMILES string of the molecule is Cc1ccc(C#N)c(Sc2ccccc2Br)c1. The second-order valence-corrected chi connectivity index (χ2v) is 5.58. The fourth-order valence-electron chi connectivity index (χ4n) is 1.45. The molecule has 0 spiro atoms. The average Bonchev–Trinajstić information content (AvgIpc) is 2.32. The summed E-state index contributed by atoms with van der Waals surface area (Å²) in [5.41, 5.74) is 1.88. The zero-order valence-electron chi connectivity index (χ0n) is 9.27. The van der Waals surface area contributed by atoms with Crippen LogP contribution in [0.3, 0.4) is 0 Å². The summed E-state index contributed by atoms with van der Waals surface area (Å²) in [5, 5.41) is 9.08. The van der Waals surface area contributed by atoms with Crippen molar-refractivity contribution < 1.29 is 0 Å². The van der Waals surface area contributed by atoms with Gasteiger partial charge in [-0.3, -0.25) is 0 Å². The van der Waals surface area contributed by atoms with Gasteiger partial charge in [-0.1, -0.05) is 30.0 Å². The lowest BCUT2D eigenvalue weighted by Gasteiger charge is -2.06. The summed E-state index contributed by atoms with van der Waals surface area (Å²) in [6.07, 6.45) is 0. The van der Waals surface area contributed by atoms with Crippen LogP contribution in [-0.2, 0) is 0 Å². The van der Waals surface area contributed by atoms with E-state index in [0.717, 1.165) is 19.8 Å². The molecule has 0 heterocycles. The van der Waals surface area contributed by atoms with Crippen LogP contribution < -0.4 is 0 Å². The number of aryl methyl sites for hydroxylation is 1.